The molecule has 0 unspecified atom stereocenters. The number of aryl methyl sites for hydroxylation is 1. The zero-order valence-corrected chi connectivity index (χ0v) is 18.5. The van der Waals surface area contributed by atoms with E-state index in [1.165, 1.54) is 11.1 Å². The van der Waals surface area contributed by atoms with Crippen LogP contribution in [0.15, 0.2) is 60.9 Å². The van der Waals surface area contributed by atoms with Crippen molar-refractivity contribution in [3.63, 3.8) is 0 Å². The first-order valence-corrected chi connectivity index (χ1v) is 9.95. The number of pyridine rings is 1. The summed E-state index contributed by atoms with van der Waals surface area (Å²) in [6.45, 7) is 8.82. The van der Waals surface area contributed by atoms with Crippen molar-refractivity contribution < 1.29 is 9.53 Å². The number of carbonyl (C=O) groups excluding carboxylic acids is 1. The molecule has 160 valence electrons. The number of hydrogen-bond donors (Lipinski definition) is 1. The number of anilines is 1. The Hall–Kier alpha value is -3.74. The molecule has 0 saturated heterocycles. The number of methoxy groups -OCH3 is 1. The molecule has 1 amide bonds. The number of nitrogens with one attached hydrogen (secondary N) is 1. The van der Waals surface area contributed by atoms with E-state index in [9.17, 15) is 4.79 Å². The Bertz CT molecular complexity index is 1160. The zero-order chi connectivity index (χ0) is 22.4. The highest BCUT2D eigenvalue weighted by Gasteiger charge is 2.13. The van der Waals surface area contributed by atoms with Gasteiger partial charge in [0.05, 0.1) is 24.6 Å². The highest BCUT2D eigenvalue weighted by molar-refractivity contribution is 5.75. The van der Waals surface area contributed by atoms with Gasteiger partial charge in [0.15, 0.2) is 5.65 Å². The largest absolute Gasteiger partial charge is 0.481 e. The molecule has 31 heavy (non-hydrogen) atoms. The Balaban J connectivity index is 0.000000210. The van der Waals surface area contributed by atoms with Crippen molar-refractivity contribution in [1.29, 1.82) is 0 Å². The van der Waals surface area contributed by atoms with Crippen LogP contribution >= 0.6 is 0 Å². The fourth-order valence-electron chi connectivity index (χ4n) is 3.04. The van der Waals surface area contributed by atoms with Crippen LogP contribution < -0.4 is 10.1 Å². The first-order valence-electron chi connectivity index (χ1n) is 9.95. The lowest BCUT2D eigenvalue weighted by atomic mass is 9.87. The summed E-state index contributed by atoms with van der Waals surface area (Å²) in [5, 5.41) is 6.77. The monoisotopic (exact) mass is 417 g/mol. The predicted octanol–water partition coefficient (Wildman–Crippen LogP) is 4.66. The predicted molar refractivity (Wildman–Crippen MR) is 122 cm³/mol. The molecule has 0 aliphatic rings. The van der Waals surface area contributed by atoms with Crippen molar-refractivity contribution in [2.75, 3.05) is 12.4 Å². The Morgan fingerprint density at radius 1 is 1.06 bits per heavy atom. The lowest BCUT2D eigenvalue weighted by molar-refractivity contribution is -0.105. The van der Waals surface area contributed by atoms with Crippen LogP contribution in [0.2, 0.25) is 0 Å². The maximum atomic E-state index is 10.6. The molecule has 7 heteroatoms. The lowest BCUT2D eigenvalue weighted by Crippen LogP contribution is -2.10. The zero-order valence-electron chi connectivity index (χ0n) is 18.5. The van der Waals surface area contributed by atoms with E-state index in [4.69, 9.17) is 4.74 Å². The SMILES string of the molecule is COc1ncccc1-c1cc(NC=O)nc2ccnn12.Cc1ccc(C(C)(C)C)cc1. The van der Waals surface area contributed by atoms with Crippen LogP contribution in [0, 0.1) is 6.92 Å². The van der Waals surface area contributed by atoms with E-state index in [-0.39, 0.29) is 5.41 Å². The van der Waals surface area contributed by atoms with Gasteiger partial charge in [0.1, 0.15) is 5.82 Å². The number of amides is 1. The van der Waals surface area contributed by atoms with Crippen molar-refractivity contribution >= 4 is 17.9 Å². The van der Waals surface area contributed by atoms with Crippen LogP contribution in [0.1, 0.15) is 31.9 Å². The molecule has 0 spiro atoms. The second-order valence-electron chi connectivity index (χ2n) is 8.07. The van der Waals surface area contributed by atoms with Gasteiger partial charge in [-0.2, -0.15) is 5.10 Å². The van der Waals surface area contributed by atoms with E-state index >= 15 is 0 Å². The van der Waals surface area contributed by atoms with Crippen LogP contribution in [0.4, 0.5) is 5.82 Å². The maximum absolute atomic E-state index is 10.6. The number of aromatic nitrogens is 4. The summed E-state index contributed by atoms with van der Waals surface area (Å²) in [6, 6.07) is 15.9. The van der Waals surface area contributed by atoms with E-state index in [0.29, 0.717) is 23.8 Å². The second-order valence-corrected chi connectivity index (χ2v) is 8.07. The molecule has 0 atom stereocenters. The van der Waals surface area contributed by atoms with Gasteiger partial charge in [-0.05, 0) is 30.0 Å². The molecule has 1 N–H and O–H groups in total. The number of rotatable bonds is 4. The lowest BCUT2D eigenvalue weighted by Gasteiger charge is -2.18. The Morgan fingerprint density at radius 2 is 1.81 bits per heavy atom. The van der Waals surface area contributed by atoms with Crippen molar-refractivity contribution in [1.82, 2.24) is 19.6 Å². The summed E-state index contributed by atoms with van der Waals surface area (Å²) >= 11 is 0. The summed E-state index contributed by atoms with van der Waals surface area (Å²) in [5.74, 6) is 0.918. The van der Waals surface area contributed by atoms with E-state index in [2.05, 4.69) is 72.3 Å². The third-order valence-electron chi connectivity index (χ3n) is 4.72. The van der Waals surface area contributed by atoms with Gasteiger partial charge in [0, 0.05) is 18.3 Å². The number of ether oxygens (including phenoxy) is 1. The van der Waals surface area contributed by atoms with E-state index in [0.717, 1.165) is 11.3 Å². The third kappa shape index (κ3) is 5.25. The summed E-state index contributed by atoms with van der Waals surface area (Å²) in [6.07, 6.45) is 3.87. The molecule has 0 aliphatic heterocycles. The first kappa shape index (κ1) is 22.0. The van der Waals surface area contributed by atoms with Gasteiger partial charge in [0.2, 0.25) is 12.3 Å². The molecular weight excluding hydrogens is 390 g/mol. The van der Waals surface area contributed by atoms with Crippen LogP contribution in [0.25, 0.3) is 16.9 Å². The number of fused-ring (bicyclic) bond motifs is 1. The summed E-state index contributed by atoms with van der Waals surface area (Å²) < 4.78 is 6.92. The van der Waals surface area contributed by atoms with Gasteiger partial charge >= 0.3 is 0 Å². The molecule has 1 aromatic carbocycles. The molecule has 0 aliphatic carbocycles. The average molecular weight is 418 g/mol. The third-order valence-corrected chi connectivity index (χ3v) is 4.72. The van der Waals surface area contributed by atoms with Gasteiger partial charge < -0.3 is 10.1 Å². The Kier molecular flexibility index (Phi) is 6.65. The van der Waals surface area contributed by atoms with Gasteiger partial charge in [-0.1, -0.05) is 50.6 Å². The van der Waals surface area contributed by atoms with Crippen molar-refractivity contribution in [3.05, 3.63) is 72.1 Å². The minimum atomic E-state index is 0.285. The summed E-state index contributed by atoms with van der Waals surface area (Å²) in [4.78, 5) is 19.0. The van der Waals surface area contributed by atoms with Crippen LogP contribution in [0.5, 0.6) is 5.88 Å². The molecule has 0 fully saturated rings. The first-order chi connectivity index (χ1) is 14.8. The number of carbonyl (C=O) groups is 1. The second kappa shape index (κ2) is 9.38. The van der Waals surface area contributed by atoms with Crippen molar-refractivity contribution in [2.24, 2.45) is 0 Å². The molecule has 4 rings (SSSR count). The standard InChI is InChI=1S/C13H11N5O2.C11H16/c1-20-13-9(3-2-5-14-13)10-7-11(15-8-19)17-12-4-6-16-18(10)12;1-9-5-7-10(8-6-9)11(2,3)4/h2-8H,1H3,(H,15,17,19);5-8H,1-4H3. The van der Waals surface area contributed by atoms with E-state index in [1.807, 2.05) is 6.07 Å². The smallest absolute Gasteiger partial charge is 0.222 e. The number of nitrogens with zero attached hydrogens (tertiary/aromatic N) is 4. The molecule has 3 heterocycles. The molecule has 0 saturated carbocycles. The van der Waals surface area contributed by atoms with Crippen molar-refractivity contribution in [3.8, 4) is 17.1 Å². The van der Waals surface area contributed by atoms with Gasteiger partial charge in [-0.15, -0.1) is 0 Å². The highest BCUT2D eigenvalue weighted by Crippen LogP contribution is 2.29. The fourth-order valence-corrected chi connectivity index (χ4v) is 3.04. The van der Waals surface area contributed by atoms with Crippen LogP contribution in [-0.2, 0) is 10.2 Å². The minimum Gasteiger partial charge on any atom is -0.481 e. The van der Waals surface area contributed by atoms with Gasteiger partial charge in [0.25, 0.3) is 0 Å². The van der Waals surface area contributed by atoms with Crippen molar-refractivity contribution in [2.45, 2.75) is 33.1 Å². The Morgan fingerprint density at radius 3 is 2.45 bits per heavy atom. The highest BCUT2D eigenvalue weighted by atomic mass is 16.5. The minimum absolute atomic E-state index is 0.285. The Labute approximate surface area is 182 Å². The average Bonchev–Trinajstić information content (AvgIpc) is 3.22. The molecule has 0 radical (unpaired) electrons. The topological polar surface area (TPSA) is 81.4 Å². The molecular formula is C24H27N5O2. The molecule has 0 bridgehead atoms. The van der Waals surface area contributed by atoms with E-state index in [1.54, 1.807) is 42.2 Å². The number of hydrogen-bond acceptors (Lipinski definition) is 5. The van der Waals surface area contributed by atoms with Crippen LogP contribution in [0.3, 0.4) is 0 Å². The summed E-state index contributed by atoms with van der Waals surface area (Å²) in [5.41, 5.74) is 5.14. The molecule has 7 nitrogen and oxygen atoms in total. The van der Waals surface area contributed by atoms with Crippen LogP contribution in [-0.4, -0.2) is 33.1 Å². The normalized spacial score (nSPS) is 10.9. The quantitative estimate of drug-likeness (QED) is 0.489. The van der Waals surface area contributed by atoms with Gasteiger partial charge in [-0.25, -0.2) is 14.5 Å². The molecule has 3 aromatic heterocycles. The molecule has 4 aromatic rings. The number of benzene rings is 1. The fraction of sp³-hybridized carbons (Fsp3) is 0.250. The maximum Gasteiger partial charge on any atom is 0.222 e. The van der Waals surface area contributed by atoms with E-state index < -0.39 is 0 Å². The van der Waals surface area contributed by atoms with Gasteiger partial charge in [-0.3, -0.25) is 4.79 Å². The summed E-state index contributed by atoms with van der Waals surface area (Å²) in [7, 11) is 1.55.